The van der Waals surface area contributed by atoms with Gasteiger partial charge in [-0.2, -0.15) is 0 Å². The Bertz CT molecular complexity index is 438. The van der Waals surface area contributed by atoms with Gasteiger partial charge in [0.2, 0.25) is 0 Å². The van der Waals surface area contributed by atoms with Crippen molar-refractivity contribution in [2.75, 3.05) is 6.61 Å². The first kappa shape index (κ1) is 17.3. The molecule has 1 aliphatic carbocycles. The van der Waals surface area contributed by atoms with E-state index in [1.54, 1.807) is 4.90 Å². The fourth-order valence-corrected chi connectivity index (χ4v) is 3.37. The van der Waals surface area contributed by atoms with Gasteiger partial charge in [0.25, 0.3) is 0 Å². The number of rotatable bonds is 2. The van der Waals surface area contributed by atoms with Gasteiger partial charge in [-0.1, -0.05) is 6.42 Å². The molecule has 126 valence electrons. The van der Waals surface area contributed by atoms with E-state index in [0.29, 0.717) is 25.2 Å². The van der Waals surface area contributed by atoms with Crippen LogP contribution in [0.1, 0.15) is 66.7 Å². The van der Waals surface area contributed by atoms with Crippen molar-refractivity contribution in [3.63, 3.8) is 0 Å². The lowest BCUT2D eigenvalue weighted by molar-refractivity contribution is -0.125. The van der Waals surface area contributed by atoms with Crippen molar-refractivity contribution in [2.45, 2.75) is 84.1 Å². The third kappa shape index (κ3) is 4.00. The minimum atomic E-state index is -0.690. The molecule has 1 amide bonds. The van der Waals surface area contributed by atoms with Crippen LogP contribution in [-0.2, 0) is 14.3 Å². The Hall–Kier alpha value is -1.10. The Balaban J connectivity index is 2.09. The molecular formula is C17H29NO4. The highest BCUT2D eigenvalue weighted by Crippen LogP contribution is 2.34. The summed E-state index contributed by atoms with van der Waals surface area (Å²) in [6, 6.07) is -0.0862. The Morgan fingerprint density at radius 3 is 2.64 bits per heavy atom. The first-order valence-electron chi connectivity index (χ1n) is 8.29. The molecule has 1 aliphatic heterocycles. The maximum atomic E-state index is 12.5. The molecule has 2 fully saturated rings. The highest BCUT2D eigenvalue weighted by atomic mass is 16.6. The number of ketones is 1. The average Bonchev–Trinajstić information content (AvgIpc) is 2.65. The van der Waals surface area contributed by atoms with Crippen LogP contribution in [0.2, 0.25) is 0 Å². The number of nitrogens with zero attached hydrogens (tertiary/aromatic N) is 1. The largest absolute Gasteiger partial charge is 0.444 e. The van der Waals surface area contributed by atoms with Gasteiger partial charge in [-0.15, -0.1) is 0 Å². The normalized spacial score (nSPS) is 28.8. The van der Waals surface area contributed by atoms with E-state index in [1.807, 2.05) is 34.6 Å². The van der Waals surface area contributed by atoms with Crippen LogP contribution >= 0.6 is 0 Å². The van der Waals surface area contributed by atoms with Crippen LogP contribution in [0.15, 0.2) is 0 Å². The van der Waals surface area contributed by atoms with E-state index >= 15 is 0 Å². The van der Waals surface area contributed by atoms with Gasteiger partial charge >= 0.3 is 6.09 Å². The fraction of sp³-hybridized carbons (Fsp3) is 0.882. The van der Waals surface area contributed by atoms with Crippen LogP contribution in [-0.4, -0.2) is 40.8 Å². The minimum Gasteiger partial charge on any atom is -0.444 e. The molecule has 0 aromatic rings. The van der Waals surface area contributed by atoms with Gasteiger partial charge in [0, 0.05) is 12.3 Å². The number of carbonyl (C=O) groups is 2. The van der Waals surface area contributed by atoms with Gasteiger partial charge < -0.3 is 9.47 Å². The van der Waals surface area contributed by atoms with E-state index in [-0.39, 0.29) is 18.1 Å². The second-order valence-corrected chi connectivity index (χ2v) is 7.91. The maximum Gasteiger partial charge on any atom is 0.412 e. The molecule has 2 aliphatic rings. The summed E-state index contributed by atoms with van der Waals surface area (Å²) < 4.78 is 11.3. The molecule has 1 saturated carbocycles. The monoisotopic (exact) mass is 311 g/mol. The first-order valence-corrected chi connectivity index (χ1v) is 8.29. The number of carbonyl (C=O) groups excluding carboxylic acids is 2. The minimum absolute atomic E-state index is 0.0567. The third-order valence-corrected chi connectivity index (χ3v) is 4.40. The van der Waals surface area contributed by atoms with Gasteiger partial charge in [-0.05, 0) is 53.9 Å². The number of amides is 1. The van der Waals surface area contributed by atoms with Crippen LogP contribution in [0.25, 0.3) is 0 Å². The summed E-state index contributed by atoms with van der Waals surface area (Å²) >= 11 is 0. The summed E-state index contributed by atoms with van der Waals surface area (Å²) in [5.41, 5.74) is -1.23. The summed E-state index contributed by atoms with van der Waals surface area (Å²) in [4.78, 5) is 26.3. The SMILES string of the molecule is CC(C)(C)OC(=O)N1[C@@H](CC2CCCCC2=O)COC1(C)C. The van der Waals surface area contributed by atoms with Gasteiger partial charge in [0.1, 0.15) is 17.1 Å². The average molecular weight is 311 g/mol. The zero-order valence-electron chi connectivity index (χ0n) is 14.5. The highest BCUT2D eigenvalue weighted by Gasteiger charge is 2.46. The fourth-order valence-electron chi connectivity index (χ4n) is 3.37. The zero-order valence-corrected chi connectivity index (χ0v) is 14.5. The van der Waals surface area contributed by atoms with Crippen LogP contribution in [0.5, 0.6) is 0 Å². The second-order valence-electron chi connectivity index (χ2n) is 7.91. The van der Waals surface area contributed by atoms with Crippen molar-refractivity contribution in [3.8, 4) is 0 Å². The van der Waals surface area contributed by atoms with E-state index in [1.165, 1.54) is 0 Å². The van der Waals surface area contributed by atoms with Crippen molar-refractivity contribution < 1.29 is 19.1 Å². The molecule has 0 radical (unpaired) electrons. The summed E-state index contributed by atoms with van der Waals surface area (Å²) in [6.45, 7) is 9.78. The molecule has 0 bridgehead atoms. The lowest BCUT2D eigenvalue weighted by atomic mass is 9.83. The first-order chi connectivity index (χ1) is 10.1. The Morgan fingerprint density at radius 1 is 1.36 bits per heavy atom. The molecule has 0 spiro atoms. The number of ether oxygens (including phenoxy) is 2. The predicted molar refractivity (Wildman–Crippen MR) is 83.5 cm³/mol. The van der Waals surface area contributed by atoms with E-state index in [0.717, 1.165) is 19.3 Å². The van der Waals surface area contributed by atoms with E-state index in [2.05, 4.69) is 0 Å². The predicted octanol–water partition coefficient (Wildman–Crippen LogP) is 3.51. The van der Waals surface area contributed by atoms with Crippen LogP contribution in [0, 0.1) is 5.92 Å². The second kappa shape index (κ2) is 6.19. The summed E-state index contributed by atoms with van der Waals surface area (Å²) in [5, 5.41) is 0. The van der Waals surface area contributed by atoms with Crippen molar-refractivity contribution in [3.05, 3.63) is 0 Å². The molecule has 0 N–H and O–H groups in total. The zero-order chi connectivity index (χ0) is 16.5. The molecule has 0 aromatic carbocycles. The van der Waals surface area contributed by atoms with Crippen molar-refractivity contribution in [1.82, 2.24) is 4.90 Å². The van der Waals surface area contributed by atoms with Crippen molar-refractivity contribution >= 4 is 11.9 Å². The lowest BCUT2D eigenvalue weighted by Gasteiger charge is -2.36. The molecule has 5 nitrogen and oxygen atoms in total. The third-order valence-electron chi connectivity index (χ3n) is 4.40. The molecule has 1 saturated heterocycles. The van der Waals surface area contributed by atoms with E-state index < -0.39 is 11.3 Å². The molecule has 1 heterocycles. The molecule has 22 heavy (non-hydrogen) atoms. The Kier molecular flexibility index (Phi) is 4.85. The number of hydrogen-bond donors (Lipinski definition) is 0. The lowest BCUT2D eigenvalue weighted by Crippen LogP contribution is -2.50. The summed E-state index contributed by atoms with van der Waals surface area (Å²) in [7, 11) is 0. The molecule has 1 unspecified atom stereocenters. The molecular weight excluding hydrogens is 282 g/mol. The van der Waals surface area contributed by atoms with Gasteiger partial charge in [-0.25, -0.2) is 4.79 Å². The highest BCUT2D eigenvalue weighted by molar-refractivity contribution is 5.81. The van der Waals surface area contributed by atoms with Crippen molar-refractivity contribution in [1.29, 1.82) is 0 Å². The summed E-state index contributed by atoms with van der Waals surface area (Å²) in [6.07, 6.45) is 4.02. The molecule has 2 atom stereocenters. The summed E-state index contributed by atoms with van der Waals surface area (Å²) in [5.74, 6) is 0.390. The smallest absolute Gasteiger partial charge is 0.412 e. The van der Waals surface area contributed by atoms with E-state index in [9.17, 15) is 9.59 Å². The van der Waals surface area contributed by atoms with Crippen LogP contribution in [0.3, 0.4) is 0 Å². The standard InChI is InChI=1S/C17H29NO4/c1-16(2,3)22-15(20)18-13(11-21-17(18,4)5)10-12-8-6-7-9-14(12)19/h12-13H,6-11H2,1-5H3/t12?,13-/m0/s1. The molecule has 2 rings (SSSR count). The number of Topliss-reactive ketones (excluding diaryl/α,β-unsaturated/α-hetero) is 1. The van der Waals surface area contributed by atoms with Crippen molar-refractivity contribution in [2.24, 2.45) is 5.92 Å². The van der Waals surface area contributed by atoms with E-state index in [4.69, 9.17) is 9.47 Å². The number of hydrogen-bond acceptors (Lipinski definition) is 4. The Labute approximate surface area is 133 Å². The van der Waals surface area contributed by atoms with Gasteiger partial charge in [0.15, 0.2) is 0 Å². The topological polar surface area (TPSA) is 55.8 Å². The maximum absolute atomic E-state index is 12.5. The quantitative estimate of drug-likeness (QED) is 0.783. The Morgan fingerprint density at radius 2 is 2.05 bits per heavy atom. The molecule has 5 heteroatoms. The van der Waals surface area contributed by atoms with Gasteiger partial charge in [-0.3, -0.25) is 9.69 Å². The molecule has 0 aromatic heterocycles. The van der Waals surface area contributed by atoms with Crippen LogP contribution in [0.4, 0.5) is 4.79 Å². The van der Waals surface area contributed by atoms with Crippen LogP contribution < -0.4 is 0 Å². The van der Waals surface area contributed by atoms with Gasteiger partial charge in [0.05, 0.1) is 12.6 Å².